The molecular formula is C16H21NO. The van der Waals surface area contributed by atoms with E-state index in [0.717, 1.165) is 17.1 Å². The van der Waals surface area contributed by atoms with Crippen LogP contribution in [0.25, 0.3) is 11.3 Å². The van der Waals surface area contributed by atoms with E-state index in [4.69, 9.17) is 10.2 Å². The van der Waals surface area contributed by atoms with Crippen molar-refractivity contribution >= 4 is 0 Å². The second kappa shape index (κ2) is 4.62. The van der Waals surface area contributed by atoms with E-state index in [-0.39, 0.29) is 11.5 Å². The average Bonchev–Trinajstić information content (AvgIpc) is 2.77. The Bertz CT molecular complexity index is 532. The summed E-state index contributed by atoms with van der Waals surface area (Å²) in [6, 6.07) is 12.3. The Labute approximate surface area is 109 Å². The van der Waals surface area contributed by atoms with Gasteiger partial charge in [-0.2, -0.15) is 0 Å². The molecule has 2 heteroatoms. The number of rotatable bonds is 2. The smallest absolute Gasteiger partial charge is 0.134 e. The third kappa shape index (κ3) is 2.49. The summed E-state index contributed by atoms with van der Waals surface area (Å²) in [5.41, 5.74) is 8.37. The zero-order chi connectivity index (χ0) is 13.3. The van der Waals surface area contributed by atoms with Crippen LogP contribution in [-0.4, -0.2) is 0 Å². The van der Waals surface area contributed by atoms with Gasteiger partial charge in [0.1, 0.15) is 11.5 Å². The molecule has 2 N–H and O–H groups in total. The van der Waals surface area contributed by atoms with Crippen molar-refractivity contribution in [2.24, 2.45) is 5.73 Å². The van der Waals surface area contributed by atoms with Gasteiger partial charge in [0.15, 0.2) is 0 Å². The molecule has 0 amide bonds. The fourth-order valence-corrected chi connectivity index (χ4v) is 2.09. The van der Waals surface area contributed by atoms with Crippen LogP contribution in [0.5, 0.6) is 0 Å². The molecular weight excluding hydrogens is 222 g/mol. The Balaban J connectivity index is 2.50. The van der Waals surface area contributed by atoms with Gasteiger partial charge in [-0.3, -0.25) is 0 Å². The molecule has 0 saturated carbocycles. The molecule has 1 atom stereocenters. The summed E-state index contributed by atoms with van der Waals surface area (Å²) in [6.45, 7) is 8.56. The summed E-state index contributed by atoms with van der Waals surface area (Å²) in [6.07, 6.45) is 0. The van der Waals surface area contributed by atoms with Crippen molar-refractivity contribution in [2.75, 3.05) is 0 Å². The van der Waals surface area contributed by atoms with Crippen LogP contribution in [0.2, 0.25) is 0 Å². The van der Waals surface area contributed by atoms with E-state index >= 15 is 0 Å². The monoisotopic (exact) mass is 243 g/mol. The molecule has 1 aromatic carbocycles. The summed E-state index contributed by atoms with van der Waals surface area (Å²) in [5, 5.41) is 0. The zero-order valence-corrected chi connectivity index (χ0v) is 11.5. The second-order valence-electron chi connectivity index (χ2n) is 5.79. The Kier molecular flexibility index (Phi) is 3.31. The molecule has 1 aromatic heterocycles. The van der Waals surface area contributed by atoms with E-state index in [1.54, 1.807) is 0 Å². The van der Waals surface area contributed by atoms with E-state index < -0.39 is 0 Å². The van der Waals surface area contributed by atoms with E-state index in [0.29, 0.717) is 0 Å². The van der Waals surface area contributed by atoms with Gasteiger partial charge >= 0.3 is 0 Å². The van der Waals surface area contributed by atoms with Crippen molar-refractivity contribution in [3.05, 3.63) is 47.7 Å². The molecule has 1 heterocycles. The lowest BCUT2D eigenvalue weighted by molar-refractivity contribution is 0.488. The predicted molar refractivity (Wildman–Crippen MR) is 75.4 cm³/mol. The van der Waals surface area contributed by atoms with Gasteiger partial charge in [-0.15, -0.1) is 0 Å². The van der Waals surface area contributed by atoms with E-state index in [2.05, 4.69) is 39.0 Å². The van der Waals surface area contributed by atoms with Crippen LogP contribution in [0.15, 0.2) is 40.8 Å². The highest BCUT2D eigenvalue weighted by Gasteiger charge is 2.20. The molecule has 0 radical (unpaired) electrons. The first kappa shape index (κ1) is 12.9. The number of hydrogen-bond donors (Lipinski definition) is 1. The maximum absolute atomic E-state index is 5.84. The minimum Gasteiger partial charge on any atom is -0.459 e. The fourth-order valence-electron chi connectivity index (χ4n) is 2.09. The number of hydrogen-bond acceptors (Lipinski definition) is 2. The molecule has 0 spiro atoms. The van der Waals surface area contributed by atoms with Crippen molar-refractivity contribution in [3.8, 4) is 11.3 Å². The van der Waals surface area contributed by atoms with Crippen LogP contribution in [0.1, 0.15) is 45.1 Å². The molecule has 0 bridgehead atoms. The van der Waals surface area contributed by atoms with Crippen molar-refractivity contribution in [2.45, 2.75) is 39.2 Å². The highest BCUT2D eigenvalue weighted by atomic mass is 16.3. The van der Waals surface area contributed by atoms with Gasteiger partial charge in [0.05, 0.1) is 6.04 Å². The maximum atomic E-state index is 5.84. The Hall–Kier alpha value is -1.54. The minimum atomic E-state index is -0.0689. The third-order valence-corrected chi connectivity index (χ3v) is 3.08. The summed E-state index contributed by atoms with van der Waals surface area (Å²) < 4.78 is 5.84. The fraction of sp³-hybridized carbons (Fsp3) is 0.375. The first-order valence-electron chi connectivity index (χ1n) is 6.35. The lowest BCUT2D eigenvalue weighted by atomic mass is 9.83. The van der Waals surface area contributed by atoms with Crippen LogP contribution < -0.4 is 5.73 Å². The summed E-state index contributed by atoms with van der Waals surface area (Å²) in [5.74, 6) is 1.72. The van der Waals surface area contributed by atoms with Gasteiger partial charge in [-0.05, 0) is 30.0 Å². The second-order valence-corrected chi connectivity index (χ2v) is 5.79. The van der Waals surface area contributed by atoms with Crippen molar-refractivity contribution in [3.63, 3.8) is 0 Å². The molecule has 18 heavy (non-hydrogen) atoms. The molecule has 0 aliphatic rings. The van der Waals surface area contributed by atoms with Crippen LogP contribution >= 0.6 is 0 Å². The summed E-state index contributed by atoms with van der Waals surface area (Å²) in [4.78, 5) is 0. The Morgan fingerprint density at radius 1 is 1.06 bits per heavy atom. The normalized spacial score (nSPS) is 13.6. The standard InChI is InChI=1S/C16H21NO/c1-11(17)14-9-10-15(18-14)12-7-5-6-8-13(12)16(2,3)4/h5-11H,17H2,1-4H3. The lowest BCUT2D eigenvalue weighted by Crippen LogP contribution is -2.12. The lowest BCUT2D eigenvalue weighted by Gasteiger charge is -2.22. The maximum Gasteiger partial charge on any atom is 0.134 e. The van der Waals surface area contributed by atoms with E-state index in [9.17, 15) is 0 Å². The molecule has 0 fully saturated rings. The molecule has 2 nitrogen and oxygen atoms in total. The summed E-state index contributed by atoms with van der Waals surface area (Å²) >= 11 is 0. The first-order chi connectivity index (χ1) is 8.39. The zero-order valence-electron chi connectivity index (χ0n) is 11.5. The number of benzene rings is 1. The van der Waals surface area contributed by atoms with Crippen molar-refractivity contribution in [1.29, 1.82) is 0 Å². The molecule has 0 saturated heterocycles. The van der Waals surface area contributed by atoms with Crippen LogP contribution in [0.4, 0.5) is 0 Å². The van der Waals surface area contributed by atoms with Gasteiger partial charge in [0.25, 0.3) is 0 Å². The third-order valence-electron chi connectivity index (χ3n) is 3.08. The SMILES string of the molecule is CC(N)c1ccc(-c2ccccc2C(C)(C)C)o1. The molecule has 1 unspecified atom stereocenters. The van der Waals surface area contributed by atoms with Crippen molar-refractivity contribution < 1.29 is 4.42 Å². The van der Waals surface area contributed by atoms with Gasteiger partial charge in [0, 0.05) is 5.56 Å². The van der Waals surface area contributed by atoms with E-state index in [1.165, 1.54) is 5.56 Å². The highest BCUT2D eigenvalue weighted by Crippen LogP contribution is 2.34. The molecule has 0 aliphatic carbocycles. The largest absolute Gasteiger partial charge is 0.459 e. The topological polar surface area (TPSA) is 39.2 Å². The van der Waals surface area contributed by atoms with E-state index in [1.807, 2.05) is 25.1 Å². The van der Waals surface area contributed by atoms with Gasteiger partial charge < -0.3 is 10.2 Å². The minimum absolute atomic E-state index is 0.0689. The first-order valence-corrected chi connectivity index (χ1v) is 6.35. The quantitative estimate of drug-likeness (QED) is 0.855. The van der Waals surface area contributed by atoms with Crippen LogP contribution in [-0.2, 0) is 5.41 Å². The molecule has 0 aliphatic heterocycles. The summed E-state index contributed by atoms with van der Waals surface area (Å²) in [7, 11) is 0. The van der Waals surface area contributed by atoms with Crippen molar-refractivity contribution in [1.82, 2.24) is 0 Å². The Morgan fingerprint density at radius 3 is 2.28 bits per heavy atom. The Morgan fingerprint density at radius 2 is 1.72 bits per heavy atom. The van der Waals surface area contributed by atoms with Gasteiger partial charge in [-0.1, -0.05) is 45.0 Å². The van der Waals surface area contributed by atoms with Crippen LogP contribution in [0, 0.1) is 0 Å². The number of nitrogens with two attached hydrogens (primary N) is 1. The van der Waals surface area contributed by atoms with Gasteiger partial charge in [-0.25, -0.2) is 0 Å². The highest BCUT2D eigenvalue weighted by molar-refractivity contribution is 5.64. The van der Waals surface area contributed by atoms with Crippen LogP contribution in [0.3, 0.4) is 0 Å². The molecule has 2 aromatic rings. The average molecular weight is 243 g/mol. The predicted octanol–water partition coefficient (Wildman–Crippen LogP) is 4.26. The van der Waals surface area contributed by atoms with Gasteiger partial charge in [0.2, 0.25) is 0 Å². The number of furan rings is 1. The molecule has 96 valence electrons. The molecule has 2 rings (SSSR count).